The Morgan fingerprint density at radius 2 is 1.89 bits per heavy atom. The smallest absolute Gasteiger partial charge is 0.226 e. The standard InChI is InChI=1S/C30H45N3O4S/c1-7-20(2)21(3)26(36-5)19-27(34)33-16-11-14-25(33)28(37-6)22(4)29(35)32-24(30-31-15-17-38-30)18-23-12-9-8-10-13-23/h8-10,12-13,15,17,20-22,24-26,28H,7,11,14,16,18-19H2,1-6H3,(H,32,35). The summed E-state index contributed by atoms with van der Waals surface area (Å²) in [7, 11) is 3.33. The van der Waals surface area contributed by atoms with Gasteiger partial charge in [-0.2, -0.15) is 0 Å². The molecule has 3 rings (SSSR count). The molecule has 1 saturated heterocycles. The highest BCUT2D eigenvalue weighted by Crippen LogP contribution is 2.30. The molecule has 8 heteroatoms. The van der Waals surface area contributed by atoms with Crippen LogP contribution in [0.4, 0.5) is 0 Å². The minimum Gasteiger partial charge on any atom is -0.381 e. The zero-order chi connectivity index (χ0) is 27.7. The van der Waals surface area contributed by atoms with E-state index in [0.29, 0.717) is 25.3 Å². The monoisotopic (exact) mass is 543 g/mol. The van der Waals surface area contributed by atoms with E-state index in [9.17, 15) is 9.59 Å². The van der Waals surface area contributed by atoms with Crippen molar-refractivity contribution in [3.8, 4) is 0 Å². The van der Waals surface area contributed by atoms with Crippen LogP contribution in [0.3, 0.4) is 0 Å². The molecule has 1 aromatic heterocycles. The molecule has 2 heterocycles. The lowest BCUT2D eigenvalue weighted by Gasteiger charge is -2.35. The fourth-order valence-electron chi connectivity index (χ4n) is 5.56. The van der Waals surface area contributed by atoms with Crippen LogP contribution in [0.5, 0.6) is 0 Å². The number of thiazole rings is 1. The lowest BCUT2D eigenvalue weighted by atomic mass is 9.87. The van der Waals surface area contributed by atoms with Crippen molar-refractivity contribution in [3.05, 3.63) is 52.5 Å². The third kappa shape index (κ3) is 7.64. The van der Waals surface area contributed by atoms with Crippen molar-refractivity contribution in [2.24, 2.45) is 17.8 Å². The van der Waals surface area contributed by atoms with E-state index in [0.717, 1.165) is 29.8 Å². The number of methoxy groups -OCH3 is 2. The highest BCUT2D eigenvalue weighted by Gasteiger charge is 2.41. The molecule has 0 bridgehead atoms. The molecule has 1 fully saturated rings. The fourth-order valence-corrected chi connectivity index (χ4v) is 6.25. The first kappa shape index (κ1) is 30.3. The number of ether oxygens (including phenoxy) is 2. The van der Waals surface area contributed by atoms with Crippen LogP contribution < -0.4 is 5.32 Å². The Hall–Kier alpha value is -2.29. The van der Waals surface area contributed by atoms with Gasteiger partial charge in [0.25, 0.3) is 0 Å². The highest BCUT2D eigenvalue weighted by atomic mass is 32.1. The summed E-state index contributed by atoms with van der Waals surface area (Å²) in [6.07, 6.45) is 5.01. The molecular formula is C30H45N3O4S. The molecule has 0 radical (unpaired) electrons. The molecule has 1 aromatic carbocycles. The number of rotatable bonds is 14. The highest BCUT2D eigenvalue weighted by molar-refractivity contribution is 7.09. The Morgan fingerprint density at radius 3 is 2.50 bits per heavy atom. The quantitative estimate of drug-likeness (QED) is 0.351. The van der Waals surface area contributed by atoms with Crippen LogP contribution in [-0.4, -0.2) is 60.7 Å². The summed E-state index contributed by atoms with van der Waals surface area (Å²) in [5, 5.41) is 6.04. The molecule has 1 aliphatic rings. The molecule has 2 amide bonds. The molecule has 7 atom stereocenters. The van der Waals surface area contributed by atoms with Crippen molar-refractivity contribution in [1.82, 2.24) is 15.2 Å². The van der Waals surface area contributed by atoms with Gasteiger partial charge >= 0.3 is 0 Å². The van der Waals surface area contributed by atoms with Crippen LogP contribution in [0.1, 0.15) is 70.0 Å². The van der Waals surface area contributed by atoms with Crippen molar-refractivity contribution in [2.75, 3.05) is 20.8 Å². The van der Waals surface area contributed by atoms with Gasteiger partial charge < -0.3 is 19.7 Å². The summed E-state index contributed by atoms with van der Waals surface area (Å²) in [5.41, 5.74) is 1.14. The number of likely N-dealkylation sites (tertiary alicyclic amines) is 1. The van der Waals surface area contributed by atoms with Gasteiger partial charge in [-0.25, -0.2) is 4.98 Å². The first-order valence-corrected chi connectivity index (χ1v) is 14.8. The molecule has 2 aromatic rings. The third-order valence-electron chi connectivity index (χ3n) is 8.33. The second-order valence-corrected chi connectivity index (χ2v) is 11.6. The van der Waals surface area contributed by atoms with E-state index >= 15 is 0 Å². The maximum absolute atomic E-state index is 13.6. The van der Waals surface area contributed by atoms with Gasteiger partial charge in [0, 0.05) is 32.3 Å². The molecule has 1 aliphatic heterocycles. The van der Waals surface area contributed by atoms with Crippen LogP contribution >= 0.6 is 11.3 Å². The van der Waals surface area contributed by atoms with E-state index in [1.165, 1.54) is 11.3 Å². The topological polar surface area (TPSA) is 80.8 Å². The average molecular weight is 544 g/mol. The molecule has 210 valence electrons. The minimum atomic E-state index is -0.436. The molecule has 7 unspecified atom stereocenters. The summed E-state index contributed by atoms with van der Waals surface area (Å²) in [4.78, 5) is 33.4. The number of carbonyl (C=O) groups excluding carboxylic acids is 2. The second kappa shape index (κ2) is 14.8. The van der Waals surface area contributed by atoms with E-state index in [1.54, 1.807) is 20.4 Å². The van der Waals surface area contributed by atoms with Crippen molar-refractivity contribution in [3.63, 3.8) is 0 Å². The van der Waals surface area contributed by atoms with Crippen LogP contribution in [0.25, 0.3) is 0 Å². The number of nitrogens with zero attached hydrogens (tertiary/aromatic N) is 2. The summed E-state index contributed by atoms with van der Waals surface area (Å²) in [5.74, 6) is 0.305. The van der Waals surface area contributed by atoms with Crippen molar-refractivity contribution < 1.29 is 19.1 Å². The van der Waals surface area contributed by atoms with E-state index in [1.807, 2.05) is 35.4 Å². The third-order valence-corrected chi connectivity index (χ3v) is 9.22. The Labute approximate surface area is 232 Å². The van der Waals surface area contributed by atoms with E-state index < -0.39 is 12.0 Å². The normalized spacial score (nSPS) is 20.4. The summed E-state index contributed by atoms with van der Waals surface area (Å²) >= 11 is 1.54. The van der Waals surface area contributed by atoms with Gasteiger partial charge in [0.2, 0.25) is 11.8 Å². The Kier molecular flexibility index (Phi) is 11.7. The first-order valence-electron chi connectivity index (χ1n) is 13.9. The van der Waals surface area contributed by atoms with Crippen LogP contribution in [0.15, 0.2) is 41.9 Å². The van der Waals surface area contributed by atoms with Gasteiger partial charge in [-0.1, -0.05) is 64.4 Å². The first-order chi connectivity index (χ1) is 18.3. The largest absolute Gasteiger partial charge is 0.381 e. The maximum atomic E-state index is 13.6. The Bertz CT molecular complexity index is 987. The molecule has 0 spiro atoms. The number of hydrogen-bond acceptors (Lipinski definition) is 6. The molecule has 1 N–H and O–H groups in total. The number of carbonyl (C=O) groups is 2. The van der Waals surface area contributed by atoms with Gasteiger partial charge in [0.15, 0.2) is 0 Å². The Morgan fingerprint density at radius 1 is 1.16 bits per heavy atom. The predicted octanol–water partition coefficient (Wildman–Crippen LogP) is 5.27. The van der Waals surface area contributed by atoms with E-state index in [-0.39, 0.29) is 35.9 Å². The number of amides is 2. The number of hydrogen-bond donors (Lipinski definition) is 1. The molecule has 7 nitrogen and oxygen atoms in total. The average Bonchev–Trinajstić information content (AvgIpc) is 3.64. The lowest BCUT2D eigenvalue weighted by molar-refractivity contribution is -0.142. The molecule has 0 saturated carbocycles. The van der Waals surface area contributed by atoms with Gasteiger partial charge in [-0.15, -0.1) is 11.3 Å². The van der Waals surface area contributed by atoms with E-state index in [2.05, 4.69) is 43.2 Å². The van der Waals surface area contributed by atoms with Gasteiger partial charge in [-0.05, 0) is 36.7 Å². The SMILES string of the molecule is CCC(C)C(C)C(CC(=O)N1CCCC1C(OC)C(C)C(=O)NC(Cc1ccccc1)c1nccs1)OC. The van der Waals surface area contributed by atoms with Crippen LogP contribution in [0.2, 0.25) is 0 Å². The minimum absolute atomic E-state index is 0.0777. The van der Waals surface area contributed by atoms with Gasteiger partial charge in [-0.3, -0.25) is 9.59 Å². The number of nitrogens with one attached hydrogen (secondary N) is 1. The molecular weight excluding hydrogens is 498 g/mol. The zero-order valence-corrected chi connectivity index (χ0v) is 24.6. The predicted molar refractivity (Wildman–Crippen MR) is 152 cm³/mol. The fraction of sp³-hybridized carbons (Fsp3) is 0.633. The van der Waals surface area contributed by atoms with Crippen LogP contribution in [0, 0.1) is 17.8 Å². The van der Waals surface area contributed by atoms with Crippen molar-refractivity contribution in [1.29, 1.82) is 0 Å². The summed E-state index contributed by atoms with van der Waals surface area (Å²) in [6.45, 7) is 9.12. The molecule has 38 heavy (non-hydrogen) atoms. The van der Waals surface area contributed by atoms with E-state index in [4.69, 9.17) is 9.47 Å². The number of aromatic nitrogens is 1. The Balaban J connectivity index is 1.70. The summed E-state index contributed by atoms with van der Waals surface area (Å²) < 4.78 is 11.7. The lowest BCUT2D eigenvalue weighted by Crippen LogP contribution is -2.50. The number of benzene rings is 1. The van der Waals surface area contributed by atoms with Crippen molar-refractivity contribution >= 4 is 23.2 Å². The second-order valence-electron chi connectivity index (χ2n) is 10.6. The van der Waals surface area contributed by atoms with Gasteiger partial charge in [0.05, 0.1) is 36.6 Å². The maximum Gasteiger partial charge on any atom is 0.226 e. The van der Waals surface area contributed by atoms with Crippen molar-refractivity contribution in [2.45, 2.75) is 84.1 Å². The summed E-state index contributed by atoms with van der Waals surface area (Å²) in [6, 6.07) is 9.75. The van der Waals surface area contributed by atoms with Crippen LogP contribution in [-0.2, 0) is 25.5 Å². The van der Waals surface area contributed by atoms with Gasteiger partial charge in [0.1, 0.15) is 5.01 Å². The zero-order valence-electron chi connectivity index (χ0n) is 23.8. The molecule has 0 aliphatic carbocycles.